The second-order valence-electron chi connectivity index (χ2n) is 14.1. The molecule has 52 heavy (non-hydrogen) atoms. The number of carbonyl (C=O) groups is 1. The van der Waals surface area contributed by atoms with Gasteiger partial charge < -0.3 is 25.2 Å². The maximum atomic E-state index is 13.9. The first-order valence-electron chi connectivity index (χ1n) is 18.1. The number of hydrogen-bond acceptors (Lipinski definition) is 12. The Bertz CT molecular complexity index is 2060. The molecule has 2 aliphatic heterocycles. The monoisotopic (exact) mass is 728 g/mol. The minimum absolute atomic E-state index is 0.0324. The average molecular weight is 729 g/mol. The smallest absolute Gasteiger partial charge is 0.254 e. The van der Waals surface area contributed by atoms with Gasteiger partial charge in [-0.25, -0.2) is 13.4 Å². The van der Waals surface area contributed by atoms with Gasteiger partial charge in [0.1, 0.15) is 22.8 Å². The number of methoxy groups -OCH3 is 1. The van der Waals surface area contributed by atoms with Gasteiger partial charge >= 0.3 is 0 Å². The van der Waals surface area contributed by atoms with Crippen molar-refractivity contribution < 1.29 is 17.9 Å². The highest BCUT2D eigenvalue weighted by molar-refractivity contribution is 7.92. The predicted octanol–water partition coefficient (Wildman–Crippen LogP) is 4.60. The summed E-state index contributed by atoms with van der Waals surface area (Å²) in [4.78, 5) is 39.3. The molecule has 0 radical (unpaired) electrons. The topological polar surface area (TPSA) is 149 Å². The lowest BCUT2D eigenvalue weighted by molar-refractivity contribution is 0.0518. The van der Waals surface area contributed by atoms with Crippen LogP contribution in [0.3, 0.4) is 0 Å². The number of aryl methyl sites for hydroxylation is 1. The molecule has 2 N–H and O–H groups in total. The van der Waals surface area contributed by atoms with E-state index in [0.29, 0.717) is 69.6 Å². The number of hydrogen-bond donors (Lipinski definition) is 2. The van der Waals surface area contributed by atoms with Crippen LogP contribution in [-0.4, -0.2) is 122 Å². The van der Waals surface area contributed by atoms with Crippen LogP contribution in [0, 0.1) is 0 Å². The number of benzene rings is 2. The van der Waals surface area contributed by atoms with E-state index in [-0.39, 0.29) is 5.91 Å². The van der Waals surface area contributed by atoms with Crippen LogP contribution in [0.5, 0.6) is 5.75 Å². The van der Waals surface area contributed by atoms with Gasteiger partial charge in [0.15, 0.2) is 0 Å². The van der Waals surface area contributed by atoms with E-state index >= 15 is 0 Å². The number of fused-ring (bicyclic) bond motifs is 1. The van der Waals surface area contributed by atoms with Gasteiger partial charge in [0.05, 0.1) is 30.3 Å². The zero-order chi connectivity index (χ0) is 36.6. The number of nitrogens with zero attached hydrogens (tertiary/aromatic N) is 8. The normalized spacial score (nSPS) is 17.7. The lowest BCUT2D eigenvalue weighted by Gasteiger charge is -2.42. The molecule has 276 valence electrons. The third kappa shape index (κ3) is 7.48. The van der Waals surface area contributed by atoms with Crippen LogP contribution >= 0.6 is 0 Å². The Hall–Kier alpha value is -4.60. The van der Waals surface area contributed by atoms with E-state index in [2.05, 4.69) is 42.4 Å². The van der Waals surface area contributed by atoms with E-state index in [0.717, 1.165) is 82.3 Å². The average Bonchev–Trinajstić information content (AvgIpc) is 4.00. The lowest BCUT2D eigenvalue weighted by Crippen LogP contribution is -2.53. The van der Waals surface area contributed by atoms with E-state index < -0.39 is 10.0 Å². The quantitative estimate of drug-likeness (QED) is 0.222. The summed E-state index contributed by atoms with van der Waals surface area (Å²) in [6, 6.07) is 7.91. The molecule has 1 amide bonds. The highest BCUT2D eigenvalue weighted by atomic mass is 32.2. The van der Waals surface area contributed by atoms with Crippen LogP contribution in [0.25, 0.3) is 11.0 Å². The summed E-state index contributed by atoms with van der Waals surface area (Å²) in [7, 11) is 1.64. The summed E-state index contributed by atoms with van der Waals surface area (Å²) in [5.41, 5.74) is 5.07. The number of ether oxygens (including phenoxy) is 1. The largest absolute Gasteiger partial charge is 0.495 e. The number of nitrogens with one attached hydrogen (secondary N) is 2. The van der Waals surface area contributed by atoms with E-state index in [4.69, 9.17) is 9.72 Å². The molecule has 2 saturated heterocycles. The van der Waals surface area contributed by atoms with Crippen molar-refractivity contribution in [2.75, 3.05) is 81.7 Å². The number of sulfonamides is 1. The van der Waals surface area contributed by atoms with Crippen molar-refractivity contribution in [1.82, 2.24) is 34.6 Å². The molecule has 14 nitrogen and oxygen atoms in total. The summed E-state index contributed by atoms with van der Waals surface area (Å²) in [5.74, 6) is 1.74. The van der Waals surface area contributed by atoms with Crippen LogP contribution in [0.2, 0.25) is 0 Å². The first kappa shape index (κ1) is 35.8. The van der Waals surface area contributed by atoms with E-state index in [9.17, 15) is 13.2 Å². The number of aromatic nitrogens is 4. The zero-order valence-electron chi connectivity index (χ0n) is 30.6. The standard InChI is InChI=1S/C37H48N10O4S/c1-6-24-21-31(32(51-4)22-27(24)36(48)47-15-11-26(12-16-47)46-19-17-44(2)18-20-46)42-37-40-23-28(25-7-8-25)35(43-37)41-30-10-9-29-33(39-14-13-38-29)34(30)45(3)52(5,49)50/h9-10,13-14,21-23,25-26H,6-8,11-12,15-20H2,1-5H3,(H2,40,41,42,43). The molecule has 1 aliphatic carbocycles. The second kappa shape index (κ2) is 14.8. The molecular weight excluding hydrogens is 681 g/mol. The van der Waals surface area contributed by atoms with Crippen molar-refractivity contribution in [3.63, 3.8) is 0 Å². The van der Waals surface area contributed by atoms with Crippen LogP contribution < -0.4 is 19.7 Å². The van der Waals surface area contributed by atoms with Gasteiger partial charge in [0, 0.05) is 82.1 Å². The number of piperazine rings is 1. The molecule has 2 aromatic heterocycles. The number of likely N-dealkylation sites (tertiary alicyclic amines) is 1. The Morgan fingerprint density at radius 3 is 2.37 bits per heavy atom. The van der Waals surface area contributed by atoms with Gasteiger partial charge in [-0.05, 0) is 74.9 Å². The number of rotatable bonds is 11. The summed E-state index contributed by atoms with van der Waals surface area (Å²) in [6.45, 7) is 7.89. The molecular formula is C37H48N10O4S. The van der Waals surface area contributed by atoms with Gasteiger partial charge in [0.25, 0.3) is 5.91 Å². The molecule has 0 bridgehead atoms. The number of carbonyl (C=O) groups excluding carboxylic acids is 1. The maximum absolute atomic E-state index is 13.9. The minimum atomic E-state index is -3.63. The zero-order valence-corrected chi connectivity index (χ0v) is 31.4. The number of piperidine rings is 1. The third-order valence-corrected chi connectivity index (χ3v) is 11.8. The molecule has 3 fully saturated rings. The molecule has 7 rings (SSSR count). The van der Waals surface area contributed by atoms with Gasteiger partial charge in [-0.1, -0.05) is 6.92 Å². The van der Waals surface area contributed by atoms with Crippen molar-refractivity contribution in [2.45, 2.75) is 51.0 Å². The Kier molecular flexibility index (Phi) is 10.2. The van der Waals surface area contributed by atoms with Crippen molar-refractivity contribution in [3.05, 3.63) is 59.5 Å². The van der Waals surface area contributed by atoms with Gasteiger partial charge in [-0.3, -0.25) is 24.0 Å². The lowest BCUT2D eigenvalue weighted by atomic mass is 9.98. The third-order valence-electron chi connectivity index (χ3n) is 10.6. The van der Waals surface area contributed by atoms with Crippen LogP contribution in [0.4, 0.5) is 28.8 Å². The van der Waals surface area contributed by atoms with E-state index in [1.807, 2.05) is 30.2 Å². The van der Waals surface area contributed by atoms with Crippen molar-refractivity contribution in [2.24, 2.45) is 0 Å². The molecule has 15 heteroatoms. The van der Waals surface area contributed by atoms with Crippen LogP contribution in [0.15, 0.2) is 42.9 Å². The van der Waals surface area contributed by atoms with Gasteiger partial charge in [-0.2, -0.15) is 4.98 Å². The molecule has 0 unspecified atom stereocenters. The minimum Gasteiger partial charge on any atom is -0.495 e. The molecule has 2 aromatic carbocycles. The van der Waals surface area contributed by atoms with Crippen LogP contribution in [-0.2, 0) is 16.4 Å². The van der Waals surface area contributed by atoms with Crippen LogP contribution in [0.1, 0.15) is 60.0 Å². The fourth-order valence-corrected chi connectivity index (χ4v) is 7.79. The Labute approximate surface area is 305 Å². The van der Waals surface area contributed by atoms with E-state index in [1.54, 1.807) is 31.6 Å². The summed E-state index contributed by atoms with van der Waals surface area (Å²) >= 11 is 0. The number of anilines is 5. The maximum Gasteiger partial charge on any atom is 0.254 e. The predicted molar refractivity (Wildman–Crippen MR) is 204 cm³/mol. The summed E-state index contributed by atoms with van der Waals surface area (Å²) < 4.78 is 32.5. The highest BCUT2D eigenvalue weighted by Crippen LogP contribution is 2.45. The SMILES string of the molecule is CCc1cc(Nc2ncc(C3CC3)c(Nc3ccc4nccnc4c3N(C)S(C)(=O)=O)n2)c(OC)cc1C(=O)N1CCC(N2CCN(C)CC2)CC1. The Morgan fingerprint density at radius 1 is 0.962 bits per heavy atom. The number of likely N-dealkylation sites (N-methyl/N-ethyl adjacent to an activating group) is 1. The fraction of sp³-hybridized carbons (Fsp3) is 0.486. The van der Waals surface area contributed by atoms with Gasteiger partial charge in [-0.15, -0.1) is 0 Å². The summed E-state index contributed by atoms with van der Waals surface area (Å²) in [5, 5.41) is 6.76. The van der Waals surface area contributed by atoms with Gasteiger partial charge in [0.2, 0.25) is 16.0 Å². The molecule has 1 saturated carbocycles. The van der Waals surface area contributed by atoms with Crippen molar-refractivity contribution in [1.29, 1.82) is 0 Å². The Morgan fingerprint density at radius 2 is 1.69 bits per heavy atom. The molecule has 4 aromatic rings. The number of amides is 1. The molecule has 4 heterocycles. The molecule has 3 aliphatic rings. The molecule has 0 atom stereocenters. The second-order valence-corrected chi connectivity index (χ2v) is 16.1. The Balaban J connectivity index is 1.14. The molecule has 0 spiro atoms. The van der Waals surface area contributed by atoms with Crippen molar-refractivity contribution in [3.8, 4) is 5.75 Å². The summed E-state index contributed by atoms with van der Waals surface area (Å²) in [6.07, 6.45) is 10.7. The van der Waals surface area contributed by atoms with E-state index in [1.165, 1.54) is 11.4 Å². The van der Waals surface area contributed by atoms with Crippen molar-refractivity contribution >= 4 is 55.8 Å². The highest BCUT2D eigenvalue weighted by Gasteiger charge is 2.31. The fourth-order valence-electron chi connectivity index (χ4n) is 7.27. The first-order valence-corrected chi connectivity index (χ1v) is 19.9. The first-order chi connectivity index (χ1) is 25.0.